The van der Waals surface area contributed by atoms with Gasteiger partial charge in [0.2, 0.25) is 0 Å². The zero-order valence-electron chi connectivity index (χ0n) is 16.3. The molecule has 2 heterocycles. The van der Waals surface area contributed by atoms with E-state index in [0.29, 0.717) is 18.1 Å². The molecular formula is C24H17BrClN3OS. The molecule has 0 fully saturated rings. The van der Waals surface area contributed by atoms with Gasteiger partial charge in [-0.3, -0.25) is 4.79 Å². The summed E-state index contributed by atoms with van der Waals surface area (Å²) in [5.74, 6) is -0.391. The Morgan fingerprint density at radius 1 is 1.23 bits per heavy atom. The Bertz CT molecular complexity index is 1320. The molecule has 2 aromatic carbocycles. The van der Waals surface area contributed by atoms with Gasteiger partial charge in [-0.2, -0.15) is 5.26 Å². The van der Waals surface area contributed by atoms with Crippen LogP contribution in [0.5, 0.6) is 0 Å². The van der Waals surface area contributed by atoms with Crippen LogP contribution < -0.4 is 5.32 Å². The third kappa shape index (κ3) is 4.91. The van der Waals surface area contributed by atoms with E-state index in [1.54, 1.807) is 17.4 Å². The van der Waals surface area contributed by atoms with Crippen LogP contribution in [-0.4, -0.2) is 10.5 Å². The molecule has 0 radical (unpaired) electrons. The number of thiophene rings is 1. The van der Waals surface area contributed by atoms with Crippen molar-refractivity contribution in [1.82, 2.24) is 9.88 Å². The quantitative estimate of drug-likeness (QED) is 0.241. The van der Waals surface area contributed by atoms with Gasteiger partial charge in [0.25, 0.3) is 5.91 Å². The number of amides is 1. The molecule has 1 N–H and O–H groups in total. The molecule has 4 rings (SSSR count). The molecule has 0 unspecified atom stereocenters. The minimum atomic E-state index is -0.391. The second kappa shape index (κ2) is 9.52. The van der Waals surface area contributed by atoms with E-state index >= 15 is 0 Å². The van der Waals surface area contributed by atoms with Crippen molar-refractivity contribution in [1.29, 1.82) is 5.26 Å². The number of nitrogens with zero attached hydrogens (tertiary/aromatic N) is 2. The first kappa shape index (κ1) is 21.4. The van der Waals surface area contributed by atoms with Gasteiger partial charge in [0.05, 0.1) is 6.54 Å². The van der Waals surface area contributed by atoms with Crippen LogP contribution in [0.25, 0.3) is 17.0 Å². The van der Waals surface area contributed by atoms with Crippen molar-refractivity contribution in [3.05, 3.63) is 97.2 Å². The van der Waals surface area contributed by atoms with Crippen LogP contribution in [0.4, 0.5) is 0 Å². The Morgan fingerprint density at radius 3 is 2.81 bits per heavy atom. The Morgan fingerprint density at radius 2 is 2.06 bits per heavy atom. The third-order valence-electron chi connectivity index (χ3n) is 4.84. The molecule has 7 heteroatoms. The number of hydrogen-bond acceptors (Lipinski definition) is 3. The van der Waals surface area contributed by atoms with Crippen LogP contribution in [0, 0.1) is 11.3 Å². The molecule has 0 saturated carbocycles. The van der Waals surface area contributed by atoms with E-state index in [2.05, 4.69) is 25.8 Å². The maximum atomic E-state index is 12.6. The summed E-state index contributed by atoms with van der Waals surface area (Å²) in [5.41, 5.74) is 2.85. The minimum absolute atomic E-state index is 0.0633. The van der Waals surface area contributed by atoms with Gasteiger partial charge in [-0.1, -0.05) is 51.8 Å². The van der Waals surface area contributed by atoms with Crippen molar-refractivity contribution < 1.29 is 4.79 Å². The molecule has 0 bridgehead atoms. The number of benzene rings is 2. The number of aromatic nitrogens is 1. The largest absolute Gasteiger partial charge is 0.347 e. The highest BCUT2D eigenvalue weighted by atomic mass is 79.9. The highest BCUT2D eigenvalue weighted by molar-refractivity contribution is 9.10. The highest BCUT2D eigenvalue weighted by Crippen LogP contribution is 2.28. The van der Waals surface area contributed by atoms with E-state index in [9.17, 15) is 10.1 Å². The van der Waals surface area contributed by atoms with Crippen molar-refractivity contribution in [3.63, 3.8) is 0 Å². The van der Waals surface area contributed by atoms with E-state index in [1.807, 2.05) is 72.2 Å². The summed E-state index contributed by atoms with van der Waals surface area (Å²) >= 11 is 11.4. The first-order valence-electron chi connectivity index (χ1n) is 9.49. The molecule has 1 amide bonds. The van der Waals surface area contributed by atoms with Crippen molar-refractivity contribution >= 4 is 61.8 Å². The summed E-state index contributed by atoms with van der Waals surface area (Å²) in [5, 5.41) is 16.0. The standard InChI is InChI=1S/C24H17BrClN3OS/c25-19-7-8-23-21(11-19)18(15-29(23)14-16-4-1-2-6-22(16)26)10-17(12-27)24(30)28-13-20-5-3-9-31-20/h1-11,15H,13-14H2,(H,28,30)/b17-10+. The van der Waals surface area contributed by atoms with Gasteiger partial charge in [0, 0.05) is 43.6 Å². The summed E-state index contributed by atoms with van der Waals surface area (Å²) in [6.07, 6.45) is 3.59. The molecule has 4 nitrogen and oxygen atoms in total. The molecule has 0 aliphatic rings. The van der Waals surface area contributed by atoms with Gasteiger partial charge in [0.15, 0.2) is 0 Å². The van der Waals surface area contributed by atoms with E-state index in [0.717, 1.165) is 31.4 Å². The molecular weight excluding hydrogens is 494 g/mol. The van der Waals surface area contributed by atoms with Crippen molar-refractivity contribution in [2.75, 3.05) is 0 Å². The number of halogens is 2. The maximum absolute atomic E-state index is 12.6. The lowest BCUT2D eigenvalue weighted by Gasteiger charge is -2.07. The van der Waals surface area contributed by atoms with Crippen LogP contribution >= 0.6 is 38.9 Å². The van der Waals surface area contributed by atoms with Crippen LogP contribution in [0.3, 0.4) is 0 Å². The van der Waals surface area contributed by atoms with E-state index in [-0.39, 0.29) is 5.57 Å². The van der Waals surface area contributed by atoms with Crippen molar-refractivity contribution in [3.8, 4) is 6.07 Å². The summed E-state index contributed by atoms with van der Waals surface area (Å²) in [7, 11) is 0. The summed E-state index contributed by atoms with van der Waals surface area (Å²) in [6, 6.07) is 19.6. The number of nitrogens with one attached hydrogen (secondary N) is 1. The number of rotatable bonds is 6. The van der Waals surface area contributed by atoms with E-state index < -0.39 is 5.91 Å². The lowest BCUT2D eigenvalue weighted by atomic mass is 10.1. The molecule has 0 saturated heterocycles. The van der Waals surface area contributed by atoms with Gasteiger partial charge in [-0.25, -0.2) is 0 Å². The molecule has 0 aliphatic carbocycles. The lowest BCUT2D eigenvalue weighted by Crippen LogP contribution is -2.23. The van der Waals surface area contributed by atoms with Gasteiger partial charge >= 0.3 is 0 Å². The second-order valence-electron chi connectivity index (χ2n) is 6.90. The van der Waals surface area contributed by atoms with Crippen molar-refractivity contribution in [2.24, 2.45) is 0 Å². The fourth-order valence-electron chi connectivity index (χ4n) is 3.33. The van der Waals surface area contributed by atoms with Crippen molar-refractivity contribution in [2.45, 2.75) is 13.1 Å². The monoisotopic (exact) mass is 509 g/mol. The first-order valence-corrected chi connectivity index (χ1v) is 11.5. The third-order valence-corrected chi connectivity index (χ3v) is 6.58. The van der Waals surface area contributed by atoms with E-state index in [1.165, 1.54) is 0 Å². The molecule has 0 atom stereocenters. The summed E-state index contributed by atoms with van der Waals surface area (Å²) < 4.78 is 3.00. The summed E-state index contributed by atoms with van der Waals surface area (Å²) in [6.45, 7) is 0.980. The van der Waals surface area contributed by atoms with E-state index in [4.69, 9.17) is 11.6 Å². The first-order chi connectivity index (χ1) is 15.0. The lowest BCUT2D eigenvalue weighted by molar-refractivity contribution is -0.117. The van der Waals surface area contributed by atoms with Gasteiger partial charge in [0.1, 0.15) is 11.6 Å². The number of carbonyl (C=O) groups excluding carboxylic acids is 1. The van der Waals surface area contributed by atoms with Crippen LogP contribution in [0.1, 0.15) is 16.0 Å². The topological polar surface area (TPSA) is 57.8 Å². The van der Waals surface area contributed by atoms with Gasteiger partial charge in [-0.15, -0.1) is 11.3 Å². The zero-order chi connectivity index (χ0) is 21.8. The molecule has 31 heavy (non-hydrogen) atoms. The predicted octanol–water partition coefficient (Wildman–Crippen LogP) is 6.39. The Labute approximate surface area is 197 Å². The van der Waals surface area contributed by atoms with Crippen LogP contribution in [-0.2, 0) is 17.9 Å². The van der Waals surface area contributed by atoms with Gasteiger partial charge < -0.3 is 9.88 Å². The molecule has 154 valence electrons. The number of hydrogen-bond donors (Lipinski definition) is 1. The highest BCUT2D eigenvalue weighted by Gasteiger charge is 2.14. The Balaban J connectivity index is 1.69. The number of carbonyl (C=O) groups is 1. The smallest absolute Gasteiger partial charge is 0.262 e. The molecule has 0 aliphatic heterocycles. The average Bonchev–Trinajstić information content (AvgIpc) is 3.40. The summed E-state index contributed by atoms with van der Waals surface area (Å²) in [4.78, 5) is 13.6. The normalized spacial score (nSPS) is 11.5. The molecule has 4 aromatic rings. The molecule has 0 spiro atoms. The van der Waals surface area contributed by atoms with Crippen LogP contribution in [0.2, 0.25) is 5.02 Å². The minimum Gasteiger partial charge on any atom is -0.347 e. The number of nitriles is 1. The maximum Gasteiger partial charge on any atom is 0.262 e. The fourth-order valence-corrected chi connectivity index (χ4v) is 4.53. The Hall–Kier alpha value is -2.85. The van der Waals surface area contributed by atoms with Crippen LogP contribution in [0.15, 0.2) is 76.2 Å². The number of fused-ring (bicyclic) bond motifs is 1. The fraction of sp³-hybridized carbons (Fsp3) is 0.0833. The Kier molecular flexibility index (Phi) is 6.57. The SMILES string of the molecule is N#C/C(=C\c1cn(Cc2ccccc2Cl)c2ccc(Br)cc12)C(=O)NCc1cccs1. The second-order valence-corrected chi connectivity index (χ2v) is 9.25. The van der Waals surface area contributed by atoms with Gasteiger partial charge in [-0.05, 0) is 47.4 Å². The average molecular weight is 511 g/mol. The molecule has 2 aromatic heterocycles. The predicted molar refractivity (Wildman–Crippen MR) is 130 cm³/mol. The zero-order valence-corrected chi connectivity index (χ0v) is 19.5.